The largest absolute Gasteiger partial charge is 0.382 e. The Morgan fingerprint density at radius 3 is 2.63 bits per heavy atom. The van der Waals surface area contributed by atoms with Crippen molar-refractivity contribution in [1.82, 2.24) is 4.98 Å². The second-order valence-corrected chi connectivity index (χ2v) is 9.38. The molecule has 1 aliphatic heterocycles. The first-order chi connectivity index (χ1) is 12.9. The quantitative estimate of drug-likeness (QED) is 0.811. The van der Waals surface area contributed by atoms with Crippen LogP contribution in [0, 0.1) is 0 Å². The van der Waals surface area contributed by atoms with Crippen LogP contribution >= 0.6 is 11.6 Å². The number of amidine groups is 1. The molecule has 1 aromatic carbocycles. The number of halogens is 1. The maximum atomic E-state index is 12.6. The fraction of sp³-hybridized carbons (Fsp3) is 0.368. The minimum Gasteiger partial charge on any atom is -0.382 e. The van der Waals surface area contributed by atoms with Gasteiger partial charge in [0.2, 0.25) is 10.0 Å². The molecule has 4 rings (SSSR count). The van der Waals surface area contributed by atoms with Crippen LogP contribution in [0.25, 0.3) is 11.3 Å². The van der Waals surface area contributed by atoms with Gasteiger partial charge in [-0.1, -0.05) is 36.9 Å². The number of aliphatic imine (C=N–C) groups is 1. The van der Waals surface area contributed by atoms with Crippen molar-refractivity contribution in [3.8, 4) is 11.3 Å². The number of nitrogens with two attached hydrogens (primary N) is 1. The lowest BCUT2D eigenvalue weighted by atomic mass is 10.0. The van der Waals surface area contributed by atoms with Crippen molar-refractivity contribution >= 4 is 33.1 Å². The van der Waals surface area contributed by atoms with Crippen molar-refractivity contribution in [2.75, 3.05) is 4.72 Å². The zero-order valence-corrected chi connectivity index (χ0v) is 16.4. The lowest BCUT2D eigenvalue weighted by molar-refractivity contribution is 0.486. The number of pyridine rings is 1. The van der Waals surface area contributed by atoms with Crippen LogP contribution in [0.3, 0.4) is 0 Å². The van der Waals surface area contributed by atoms with Gasteiger partial charge < -0.3 is 5.73 Å². The number of hydrogen-bond acceptors (Lipinski definition) is 5. The van der Waals surface area contributed by atoms with Gasteiger partial charge in [0.25, 0.3) is 0 Å². The second kappa shape index (κ2) is 7.13. The van der Waals surface area contributed by atoms with E-state index in [4.69, 9.17) is 17.3 Å². The molecular weight excluding hydrogens is 384 g/mol. The molecule has 0 radical (unpaired) electrons. The zero-order valence-electron chi connectivity index (χ0n) is 14.8. The second-order valence-electron chi connectivity index (χ2n) is 7.01. The molecule has 0 atom stereocenters. The highest BCUT2D eigenvalue weighted by atomic mass is 35.5. The summed E-state index contributed by atoms with van der Waals surface area (Å²) in [5.74, 6) is 0.430. The van der Waals surface area contributed by atoms with Gasteiger partial charge in [-0.2, -0.15) is 0 Å². The van der Waals surface area contributed by atoms with E-state index in [1.807, 2.05) is 12.1 Å². The van der Waals surface area contributed by atoms with E-state index in [-0.39, 0.29) is 5.25 Å². The Hall–Kier alpha value is -2.12. The van der Waals surface area contributed by atoms with Gasteiger partial charge in [-0.05, 0) is 37.1 Å². The van der Waals surface area contributed by atoms with Gasteiger partial charge in [-0.15, -0.1) is 0 Å². The molecule has 0 bridgehead atoms. The molecule has 2 aromatic rings. The fourth-order valence-electron chi connectivity index (χ4n) is 3.64. The molecule has 142 valence electrons. The van der Waals surface area contributed by atoms with Crippen molar-refractivity contribution in [2.45, 2.75) is 43.9 Å². The summed E-state index contributed by atoms with van der Waals surface area (Å²) in [4.78, 5) is 8.75. The first-order valence-electron chi connectivity index (χ1n) is 9.06. The monoisotopic (exact) mass is 404 g/mol. The van der Waals surface area contributed by atoms with E-state index < -0.39 is 10.0 Å². The van der Waals surface area contributed by atoms with Gasteiger partial charge in [-0.3, -0.25) is 9.71 Å². The Morgan fingerprint density at radius 2 is 1.89 bits per heavy atom. The van der Waals surface area contributed by atoms with E-state index in [0.29, 0.717) is 47.3 Å². The van der Waals surface area contributed by atoms with Crippen LogP contribution in [0.1, 0.15) is 43.4 Å². The lowest BCUT2D eigenvalue weighted by Crippen LogP contribution is -2.29. The number of anilines is 1. The molecule has 2 heterocycles. The molecule has 3 N–H and O–H groups in total. The maximum Gasteiger partial charge on any atom is 0.235 e. The van der Waals surface area contributed by atoms with Gasteiger partial charge in [0.05, 0.1) is 22.5 Å². The summed E-state index contributed by atoms with van der Waals surface area (Å²) in [6, 6.07) is 8.94. The summed E-state index contributed by atoms with van der Waals surface area (Å²) in [7, 11) is -3.40. The maximum absolute atomic E-state index is 12.6. The number of sulfonamides is 1. The Morgan fingerprint density at radius 1 is 1.11 bits per heavy atom. The molecule has 27 heavy (non-hydrogen) atoms. The predicted octanol–water partition coefficient (Wildman–Crippen LogP) is 3.70. The van der Waals surface area contributed by atoms with Gasteiger partial charge in [0.15, 0.2) is 0 Å². The van der Waals surface area contributed by atoms with E-state index in [2.05, 4.69) is 14.7 Å². The van der Waals surface area contributed by atoms with Crippen LogP contribution < -0.4 is 10.5 Å². The normalized spacial score (nSPS) is 17.4. The molecule has 0 spiro atoms. The van der Waals surface area contributed by atoms with Crippen LogP contribution in [-0.2, 0) is 16.6 Å². The number of nitrogens with zero attached hydrogens (tertiary/aromatic N) is 2. The first kappa shape index (κ1) is 18.3. The molecule has 1 aliphatic carbocycles. The standard InChI is InChI=1S/C19H21ClN4O2S/c20-16-10-13(24-27(25,26)14-4-2-1-3-5-14)7-8-15(16)17-9-6-12-11-22-19(21)18(12)23-17/h6-10,14,24H,1-5,11H2,(H2,21,22). The van der Waals surface area contributed by atoms with Gasteiger partial charge in [0.1, 0.15) is 11.5 Å². The van der Waals surface area contributed by atoms with E-state index in [9.17, 15) is 8.42 Å². The summed E-state index contributed by atoms with van der Waals surface area (Å²) in [6.45, 7) is 0.546. The zero-order chi connectivity index (χ0) is 19.0. The highest BCUT2D eigenvalue weighted by molar-refractivity contribution is 7.93. The predicted molar refractivity (Wildman–Crippen MR) is 109 cm³/mol. The number of benzene rings is 1. The average Bonchev–Trinajstić information content (AvgIpc) is 3.03. The van der Waals surface area contributed by atoms with Crippen LogP contribution in [0.2, 0.25) is 5.02 Å². The van der Waals surface area contributed by atoms with Crippen LogP contribution in [0.5, 0.6) is 0 Å². The van der Waals surface area contributed by atoms with E-state index in [1.165, 1.54) is 0 Å². The minimum atomic E-state index is -3.40. The van der Waals surface area contributed by atoms with Crippen molar-refractivity contribution in [1.29, 1.82) is 0 Å². The third kappa shape index (κ3) is 3.66. The minimum absolute atomic E-state index is 0.328. The number of hydrogen-bond donors (Lipinski definition) is 2. The van der Waals surface area contributed by atoms with E-state index in [1.54, 1.807) is 18.2 Å². The van der Waals surface area contributed by atoms with Crippen molar-refractivity contribution in [3.05, 3.63) is 46.6 Å². The SMILES string of the molecule is NC1=NCc2ccc(-c3ccc(NS(=O)(=O)C4CCCCC4)cc3Cl)nc21. The third-order valence-electron chi connectivity index (χ3n) is 5.14. The highest BCUT2D eigenvalue weighted by Gasteiger charge is 2.27. The third-order valence-corrected chi connectivity index (χ3v) is 7.32. The van der Waals surface area contributed by atoms with Gasteiger partial charge in [0, 0.05) is 16.8 Å². The first-order valence-corrected chi connectivity index (χ1v) is 11.0. The summed E-state index contributed by atoms with van der Waals surface area (Å²) in [5, 5.41) is 0.102. The van der Waals surface area contributed by atoms with Gasteiger partial charge in [-0.25, -0.2) is 13.4 Å². The number of aromatic nitrogens is 1. The molecule has 1 fully saturated rings. The molecule has 6 nitrogen and oxygen atoms in total. The van der Waals surface area contributed by atoms with Crippen LogP contribution in [0.15, 0.2) is 35.3 Å². The molecule has 0 saturated heterocycles. The van der Waals surface area contributed by atoms with Crippen molar-refractivity contribution < 1.29 is 8.42 Å². The smallest absolute Gasteiger partial charge is 0.235 e. The van der Waals surface area contributed by atoms with Crippen LogP contribution in [-0.4, -0.2) is 24.5 Å². The number of rotatable bonds is 4. The molecule has 0 amide bonds. The molecular formula is C19H21ClN4O2S. The summed E-state index contributed by atoms with van der Waals surface area (Å²) in [6.07, 6.45) is 4.45. The topological polar surface area (TPSA) is 97.4 Å². The van der Waals surface area contributed by atoms with Crippen LogP contribution in [0.4, 0.5) is 5.69 Å². The van der Waals surface area contributed by atoms with Crippen molar-refractivity contribution in [2.24, 2.45) is 10.7 Å². The summed E-state index contributed by atoms with van der Waals surface area (Å²) in [5.41, 5.74) is 9.42. The number of fused-ring (bicyclic) bond motifs is 1. The molecule has 8 heteroatoms. The molecule has 2 aliphatic rings. The number of nitrogens with one attached hydrogen (secondary N) is 1. The Kier molecular flexibility index (Phi) is 4.82. The van der Waals surface area contributed by atoms with Gasteiger partial charge >= 0.3 is 0 Å². The summed E-state index contributed by atoms with van der Waals surface area (Å²) >= 11 is 6.43. The molecule has 1 saturated carbocycles. The Labute approximate surface area is 163 Å². The fourth-order valence-corrected chi connectivity index (χ4v) is 5.50. The van der Waals surface area contributed by atoms with E-state index >= 15 is 0 Å². The van der Waals surface area contributed by atoms with E-state index in [0.717, 1.165) is 30.4 Å². The Balaban J connectivity index is 1.58. The average molecular weight is 405 g/mol. The highest BCUT2D eigenvalue weighted by Crippen LogP contribution is 2.32. The molecule has 0 unspecified atom stereocenters. The lowest BCUT2D eigenvalue weighted by Gasteiger charge is -2.22. The van der Waals surface area contributed by atoms with Crippen molar-refractivity contribution in [3.63, 3.8) is 0 Å². The molecule has 1 aromatic heterocycles. The Bertz CT molecular complexity index is 1010. The summed E-state index contributed by atoms with van der Waals surface area (Å²) < 4.78 is 27.9.